The molecule has 4 N–H and O–H groups in total. The minimum Gasteiger partial charge on any atom is -0.494 e. The molecule has 0 saturated heterocycles. The monoisotopic (exact) mass is 525 g/mol. The van der Waals surface area contributed by atoms with Gasteiger partial charge in [0.25, 0.3) is 35.9 Å². The van der Waals surface area contributed by atoms with Crippen LogP contribution in [-0.2, 0) is 42.7 Å². The SMILES string of the molecule is CCn1c(O)c(CS(=O)(=O)O)c(C)c(N=Nc2cc(C)c(S(=O)(=O)O)cc2S(=O)(=O)O)c1=O. The van der Waals surface area contributed by atoms with Gasteiger partial charge >= 0.3 is 0 Å². The van der Waals surface area contributed by atoms with Crippen molar-refractivity contribution >= 4 is 41.7 Å². The summed E-state index contributed by atoms with van der Waals surface area (Å²) in [5, 5.41) is 17.5. The van der Waals surface area contributed by atoms with Crippen molar-refractivity contribution in [1.82, 2.24) is 4.57 Å². The van der Waals surface area contributed by atoms with E-state index >= 15 is 0 Å². The van der Waals surface area contributed by atoms with E-state index in [4.69, 9.17) is 4.55 Å². The molecule has 0 spiro atoms. The first-order chi connectivity index (χ1) is 14.9. The molecule has 0 atom stereocenters. The molecule has 0 aliphatic rings. The summed E-state index contributed by atoms with van der Waals surface area (Å²) in [6, 6.07) is 1.31. The van der Waals surface area contributed by atoms with Gasteiger partial charge < -0.3 is 5.11 Å². The van der Waals surface area contributed by atoms with E-state index in [1.165, 1.54) is 20.8 Å². The third-order valence-corrected chi connectivity index (χ3v) is 7.03. The molecule has 0 fully saturated rings. The summed E-state index contributed by atoms with van der Waals surface area (Å²) >= 11 is 0. The second-order valence-electron chi connectivity index (χ2n) is 6.79. The fourth-order valence-electron chi connectivity index (χ4n) is 2.95. The average molecular weight is 526 g/mol. The first-order valence-electron chi connectivity index (χ1n) is 8.80. The molecule has 0 aliphatic heterocycles. The molecule has 0 amide bonds. The van der Waals surface area contributed by atoms with Crippen molar-refractivity contribution in [2.45, 2.75) is 42.9 Å². The number of aromatic nitrogens is 1. The Labute approximate surface area is 188 Å². The first-order valence-corrected chi connectivity index (χ1v) is 13.3. The van der Waals surface area contributed by atoms with Gasteiger partial charge in [-0.2, -0.15) is 25.3 Å². The predicted molar refractivity (Wildman–Crippen MR) is 113 cm³/mol. The van der Waals surface area contributed by atoms with E-state index in [2.05, 4.69) is 10.2 Å². The highest BCUT2D eigenvalue weighted by Gasteiger charge is 2.25. The molecule has 1 heterocycles. The molecular weight excluding hydrogens is 506 g/mol. The number of pyridine rings is 1. The van der Waals surface area contributed by atoms with Crippen molar-refractivity contribution in [1.29, 1.82) is 0 Å². The maximum atomic E-state index is 12.7. The molecule has 0 saturated carbocycles. The summed E-state index contributed by atoms with van der Waals surface area (Å²) in [6.07, 6.45) is 0. The number of azo groups is 1. The highest BCUT2D eigenvalue weighted by molar-refractivity contribution is 7.86. The van der Waals surface area contributed by atoms with Gasteiger partial charge in [-0.05, 0) is 44.0 Å². The third kappa shape index (κ3) is 5.81. The van der Waals surface area contributed by atoms with Crippen LogP contribution in [0.25, 0.3) is 0 Å². The van der Waals surface area contributed by atoms with Crippen LogP contribution in [0.2, 0.25) is 0 Å². The molecule has 1 aromatic heterocycles. The van der Waals surface area contributed by atoms with Crippen molar-refractivity contribution in [3.8, 4) is 5.88 Å². The normalized spacial score (nSPS) is 13.0. The lowest BCUT2D eigenvalue weighted by molar-refractivity contribution is 0.403. The molecule has 1 aromatic carbocycles. The van der Waals surface area contributed by atoms with Crippen LogP contribution in [0.1, 0.15) is 23.6 Å². The summed E-state index contributed by atoms with van der Waals surface area (Å²) in [7, 11) is -14.6. The molecule has 2 rings (SSSR count). The van der Waals surface area contributed by atoms with Crippen molar-refractivity contribution < 1.29 is 44.0 Å². The second kappa shape index (κ2) is 8.92. The minimum absolute atomic E-state index is 0.135. The average Bonchev–Trinajstić information content (AvgIpc) is 2.62. The van der Waals surface area contributed by atoms with Gasteiger partial charge in [0.15, 0.2) is 11.6 Å². The molecule has 182 valence electrons. The van der Waals surface area contributed by atoms with E-state index < -0.39 is 68.7 Å². The highest BCUT2D eigenvalue weighted by atomic mass is 32.2. The van der Waals surface area contributed by atoms with Crippen LogP contribution >= 0.6 is 0 Å². The molecule has 0 aliphatic carbocycles. The molecule has 0 unspecified atom stereocenters. The topological polar surface area (TPSA) is 230 Å². The van der Waals surface area contributed by atoms with E-state index in [-0.39, 0.29) is 23.2 Å². The number of nitrogens with zero attached hydrogens (tertiary/aromatic N) is 3. The summed E-state index contributed by atoms with van der Waals surface area (Å²) < 4.78 is 97.6. The van der Waals surface area contributed by atoms with E-state index in [0.717, 1.165) is 10.6 Å². The molecule has 14 nitrogen and oxygen atoms in total. The van der Waals surface area contributed by atoms with E-state index in [1.807, 2.05) is 0 Å². The Morgan fingerprint density at radius 1 is 0.909 bits per heavy atom. The van der Waals surface area contributed by atoms with Crippen LogP contribution in [0.3, 0.4) is 0 Å². The Balaban J connectivity index is 2.85. The van der Waals surface area contributed by atoms with Crippen LogP contribution < -0.4 is 5.56 Å². The fraction of sp³-hybridized carbons (Fsp3) is 0.312. The van der Waals surface area contributed by atoms with Gasteiger partial charge in [0.1, 0.15) is 16.3 Å². The standard InChI is InChI=1S/C16H19N3O11S3/c1-4-19-15(20)10(7-31(22,23)24)9(3)14(16(19)21)18-17-11-5-8(2)12(32(25,26)27)6-13(11)33(28,29)30/h5-6,20H,4,7H2,1-3H3,(H,22,23,24)(H,25,26,27)(H,28,29,30). The predicted octanol–water partition coefficient (Wildman–Crippen LogP) is 1.49. The Morgan fingerprint density at radius 3 is 1.91 bits per heavy atom. The van der Waals surface area contributed by atoms with Crippen molar-refractivity contribution in [2.75, 3.05) is 0 Å². The van der Waals surface area contributed by atoms with E-state index in [1.54, 1.807) is 0 Å². The fourth-order valence-corrected chi connectivity index (χ4v) is 5.09. The number of aromatic hydroxyl groups is 1. The Kier molecular flexibility index (Phi) is 7.17. The van der Waals surface area contributed by atoms with Gasteiger partial charge in [-0.15, -0.1) is 10.2 Å². The number of hydrogen-bond acceptors (Lipinski definition) is 10. The summed E-state index contributed by atoms with van der Waals surface area (Å²) in [5.74, 6) is -1.80. The Morgan fingerprint density at radius 2 is 1.45 bits per heavy atom. The minimum atomic E-state index is -5.07. The van der Waals surface area contributed by atoms with Crippen molar-refractivity contribution in [2.24, 2.45) is 10.2 Å². The maximum absolute atomic E-state index is 12.7. The largest absolute Gasteiger partial charge is 0.494 e. The third-order valence-electron chi connectivity index (χ3n) is 4.49. The quantitative estimate of drug-likeness (QED) is 0.299. The number of hydrogen-bond donors (Lipinski definition) is 4. The highest BCUT2D eigenvalue weighted by Crippen LogP contribution is 2.33. The lowest BCUT2D eigenvalue weighted by atomic mass is 10.1. The summed E-state index contributed by atoms with van der Waals surface area (Å²) in [5.41, 5.74) is -2.78. The molecule has 0 radical (unpaired) electrons. The van der Waals surface area contributed by atoms with Gasteiger partial charge in [-0.3, -0.25) is 23.0 Å². The van der Waals surface area contributed by atoms with Crippen LogP contribution in [0.15, 0.2) is 36.9 Å². The van der Waals surface area contributed by atoms with E-state index in [0.29, 0.717) is 6.07 Å². The smallest absolute Gasteiger partial charge is 0.296 e. The number of aryl methyl sites for hydroxylation is 1. The Bertz CT molecular complexity index is 1540. The van der Waals surface area contributed by atoms with Gasteiger partial charge in [-0.1, -0.05) is 0 Å². The molecule has 17 heteroatoms. The van der Waals surface area contributed by atoms with Gasteiger partial charge in [0.05, 0.1) is 4.90 Å². The lowest BCUT2D eigenvalue weighted by Gasteiger charge is -2.14. The zero-order valence-electron chi connectivity index (χ0n) is 17.3. The summed E-state index contributed by atoms with van der Waals surface area (Å²) in [6.45, 7) is 3.70. The van der Waals surface area contributed by atoms with Gasteiger partial charge in [0, 0.05) is 12.1 Å². The van der Waals surface area contributed by atoms with Crippen molar-refractivity contribution in [3.05, 3.63) is 39.2 Å². The van der Waals surface area contributed by atoms with Gasteiger partial charge in [0.2, 0.25) is 0 Å². The summed E-state index contributed by atoms with van der Waals surface area (Å²) in [4.78, 5) is 10.8. The zero-order chi connectivity index (χ0) is 25.5. The van der Waals surface area contributed by atoms with Crippen LogP contribution in [0.4, 0.5) is 11.4 Å². The molecule has 2 aromatic rings. The molecular formula is C16H19N3O11S3. The van der Waals surface area contributed by atoms with E-state index in [9.17, 15) is 44.3 Å². The second-order valence-corrected chi connectivity index (χ2v) is 11.0. The zero-order valence-corrected chi connectivity index (χ0v) is 19.7. The van der Waals surface area contributed by atoms with Crippen LogP contribution in [-0.4, -0.2) is 48.6 Å². The van der Waals surface area contributed by atoms with Crippen molar-refractivity contribution in [3.63, 3.8) is 0 Å². The Hall–Kier alpha value is -2.70. The lowest BCUT2D eigenvalue weighted by Crippen LogP contribution is -2.22. The van der Waals surface area contributed by atoms with Crippen LogP contribution in [0.5, 0.6) is 5.88 Å². The molecule has 0 bridgehead atoms. The van der Waals surface area contributed by atoms with Crippen LogP contribution in [0, 0.1) is 13.8 Å². The molecule has 33 heavy (non-hydrogen) atoms. The first kappa shape index (κ1) is 26.6. The number of benzene rings is 1. The number of rotatable bonds is 7. The maximum Gasteiger partial charge on any atom is 0.296 e. The van der Waals surface area contributed by atoms with Gasteiger partial charge in [-0.25, -0.2) is 0 Å².